The number of ether oxygens (including phenoxy) is 1. The molecular weight excluding hydrogens is 472 g/mol. The maximum absolute atomic E-state index is 15.1. The van der Waals surface area contributed by atoms with Crippen molar-refractivity contribution in [2.45, 2.75) is 12.7 Å². The van der Waals surface area contributed by atoms with Gasteiger partial charge < -0.3 is 14.8 Å². The molecule has 9 heteroatoms. The molecule has 0 fully saturated rings. The van der Waals surface area contributed by atoms with Crippen LogP contribution in [0.25, 0.3) is 11.0 Å². The molecule has 2 aromatic heterocycles. The molecule has 0 aliphatic carbocycles. The van der Waals surface area contributed by atoms with E-state index in [0.29, 0.717) is 15.5 Å². The molecule has 158 valence electrons. The second-order valence-electron chi connectivity index (χ2n) is 6.71. The number of aliphatic hydroxyl groups excluding tert-OH is 1. The lowest BCUT2D eigenvalue weighted by Gasteiger charge is -2.15. The lowest BCUT2D eigenvalue weighted by atomic mass is 10.00. The molecule has 0 saturated carbocycles. The van der Waals surface area contributed by atoms with Crippen LogP contribution < -0.4 is 5.32 Å². The Bertz CT molecular complexity index is 1250. The van der Waals surface area contributed by atoms with Crippen molar-refractivity contribution in [2.75, 3.05) is 5.32 Å². The molecule has 31 heavy (non-hydrogen) atoms. The van der Waals surface area contributed by atoms with Gasteiger partial charge in [-0.3, -0.25) is 5.32 Å². The van der Waals surface area contributed by atoms with Gasteiger partial charge in [-0.2, -0.15) is 0 Å². The van der Waals surface area contributed by atoms with Crippen LogP contribution in [0.3, 0.4) is 0 Å². The van der Waals surface area contributed by atoms with E-state index in [9.17, 15) is 14.3 Å². The third-order valence-corrected chi connectivity index (χ3v) is 5.11. The van der Waals surface area contributed by atoms with Crippen LogP contribution in [0, 0.1) is 11.6 Å². The minimum absolute atomic E-state index is 0.0117. The number of anilines is 1. The Balaban J connectivity index is 1.58. The van der Waals surface area contributed by atoms with Gasteiger partial charge in [-0.05, 0) is 39.7 Å². The summed E-state index contributed by atoms with van der Waals surface area (Å²) in [6, 6.07) is 12.7. The van der Waals surface area contributed by atoms with E-state index >= 15 is 4.39 Å². The summed E-state index contributed by atoms with van der Waals surface area (Å²) < 4.78 is 35.3. The van der Waals surface area contributed by atoms with Crippen LogP contribution in [0.2, 0.25) is 0 Å². The molecule has 4 aromatic rings. The second kappa shape index (κ2) is 8.83. The van der Waals surface area contributed by atoms with Crippen molar-refractivity contribution < 1.29 is 23.4 Å². The largest absolute Gasteiger partial charge is 0.444 e. The van der Waals surface area contributed by atoms with Gasteiger partial charge in [0, 0.05) is 27.8 Å². The Morgan fingerprint density at radius 2 is 2.00 bits per heavy atom. The summed E-state index contributed by atoms with van der Waals surface area (Å²) in [5.41, 5.74) is 0.545. The fourth-order valence-electron chi connectivity index (χ4n) is 3.17. The number of aromatic amines is 1. The number of H-pyrrole nitrogens is 1. The quantitative estimate of drug-likeness (QED) is 0.350. The highest BCUT2D eigenvalue weighted by Crippen LogP contribution is 2.34. The van der Waals surface area contributed by atoms with Gasteiger partial charge in [-0.1, -0.05) is 30.3 Å². The molecule has 3 N–H and O–H groups in total. The summed E-state index contributed by atoms with van der Waals surface area (Å²) in [6.07, 6.45) is 0.450. The fourth-order valence-corrected chi connectivity index (χ4v) is 3.50. The summed E-state index contributed by atoms with van der Waals surface area (Å²) in [4.78, 5) is 19.1. The molecular formula is C22H16BrF2N3O3. The van der Waals surface area contributed by atoms with Crippen molar-refractivity contribution in [1.29, 1.82) is 0 Å². The SMILES string of the molecule is O=C(Nc1ccc(F)c(C(O)c2c[nH]c3ncc(Br)cc23)c1F)OCc1ccccc1. The summed E-state index contributed by atoms with van der Waals surface area (Å²) in [5.74, 6) is -2.05. The number of carbonyl (C=O) groups is 1. The van der Waals surface area contributed by atoms with E-state index in [2.05, 4.69) is 31.2 Å². The van der Waals surface area contributed by atoms with Crippen LogP contribution in [0.15, 0.2) is 65.4 Å². The van der Waals surface area contributed by atoms with Crippen molar-refractivity contribution >= 4 is 38.7 Å². The minimum atomic E-state index is -1.63. The Hall–Kier alpha value is -3.30. The van der Waals surface area contributed by atoms with E-state index in [1.165, 1.54) is 6.20 Å². The van der Waals surface area contributed by atoms with Gasteiger partial charge in [0.1, 0.15) is 24.2 Å². The zero-order valence-corrected chi connectivity index (χ0v) is 17.5. The first-order valence-electron chi connectivity index (χ1n) is 9.20. The first-order chi connectivity index (χ1) is 14.9. The van der Waals surface area contributed by atoms with Gasteiger partial charge in [0.05, 0.1) is 11.3 Å². The van der Waals surface area contributed by atoms with Gasteiger partial charge in [0.25, 0.3) is 0 Å². The average molecular weight is 488 g/mol. The van der Waals surface area contributed by atoms with Crippen molar-refractivity contribution in [3.8, 4) is 0 Å². The number of hydrogen-bond acceptors (Lipinski definition) is 4. The number of hydrogen-bond donors (Lipinski definition) is 3. The predicted octanol–water partition coefficient (Wildman–Crippen LogP) is 5.43. The third kappa shape index (κ3) is 4.42. The van der Waals surface area contributed by atoms with Crippen molar-refractivity contribution in [3.05, 3.63) is 93.7 Å². The molecule has 1 amide bonds. The van der Waals surface area contributed by atoms with Crippen molar-refractivity contribution in [1.82, 2.24) is 9.97 Å². The van der Waals surface area contributed by atoms with E-state index in [1.807, 2.05) is 6.07 Å². The summed E-state index contributed by atoms with van der Waals surface area (Å²) in [6.45, 7) is -0.0117. The molecule has 2 heterocycles. The number of aliphatic hydroxyl groups is 1. The molecule has 6 nitrogen and oxygen atoms in total. The van der Waals surface area contributed by atoms with E-state index in [0.717, 1.165) is 17.7 Å². The monoisotopic (exact) mass is 487 g/mol. The summed E-state index contributed by atoms with van der Waals surface area (Å²) in [7, 11) is 0. The van der Waals surface area contributed by atoms with Crippen LogP contribution in [-0.4, -0.2) is 21.2 Å². The van der Waals surface area contributed by atoms with Gasteiger partial charge in [0.2, 0.25) is 0 Å². The van der Waals surface area contributed by atoms with E-state index in [1.54, 1.807) is 36.5 Å². The van der Waals surface area contributed by atoms with Gasteiger partial charge in [-0.25, -0.2) is 18.6 Å². The third-order valence-electron chi connectivity index (χ3n) is 4.67. The number of benzene rings is 2. The second-order valence-corrected chi connectivity index (χ2v) is 7.62. The van der Waals surface area contributed by atoms with Crippen LogP contribution in [0.1, 0.15) is 22.8 Å². The lowest BCUT2D eigenvalue weighted by Crippen LogP contribution is -2.16. The Morgan fingerprint density at radius 3 is 2.77 bits per heavy atom. The Labute approximate surface area is 184 Å². The van der Waals surface area contributed by atoms with Crippen molar-refractivity contribution in [2.24, 2.45) is 0 Å². The molecule has 0 aliphatic rings. The van der Waals surface area contributed by atoms with Crippen LogP contribution >= 0.6 is 15.9 Å². The van der Waals surface area contributed by atoms with Gasteiger partial charge >= 0.3 is 6.09 Å². The van der Waals surface area contributed by atoms with Crippen LogP contribution in [-0.2, 0) is 11.3 Å². The maximum Gasteiger partial charge on any atom is 0.412 e. The molecule has 1 atom stereocenters. The number of aromatic nitrogens is 2. The van der Waals surface area contributed by atoms with E-state index in [-0.39, 0.29) is 17.9 Å². The molecule has 0 saturated heterocycles. The molecule has 0 aliphatic heterocycles. The molecule has 4 rings (SSSR count). The van der Waals surface area contributed by atoms with Crippen molar-refractivity contribution in [3.63, 3.8) is 0 Å². The number of carbonyl (C=O) groups excluding carboxylic acids is 1. The number of nitrogens with zero attached hydrogens (tertiary/aromatic N) is 1. The highest BCUT2D eigenvalue weighted by Gasteiger charge is 2.25. The molecule has 0 radical (unpaired) electrons. The molecule has 1 unspecified atom stereocenters. The maximum atomic E-state index is 15.1. The normalized spacial score (nSPS) is 12.0. The van der Waals surface area contributed by atoms with Crippen LogP contribution in [0.5, 0.6) is 0 Å². The van der Waals surface area contributed by atoms with E-state index in [4.69, 9.17) is 4.74 Å². The topological polar surface area (TPSA) is 87.2 Å². The predicted molar refractivity (Wildman–Crippen MR) is 114 cm³/mol. The lowest BCUT2D eigenvalue weighted by molar-refractivity contribution is 0.155. The highest BCUT2D eigenvalue weighted by atomic mass is 79.9. The summed E-state index contributed by atoms with van der Waals surface area (Å²) >= 11 is 3.29. The number of pyridine rings is 1. The smallest absolute Gasteiger partial charge is 0.412 e. The zero-order chi connectivity index (χ0) is 22.0. The zero-order valence-electron chi connectivity index (χ0n) is 15.9. The number of fused-ring (bicyclic) bond motifs is 1. The van der Waals surface area contributed by atoms with Gasteiger partial charge in [-0.15, -0.1) is 0 Å². The molecule has 0 bridgehead atoms. The Morgan fingerprint density at radius 1 is 1.23 bits per heavy atom. The highest BCUT2D eigenvalue weighted by molar-refractivity contribution is 9.10. The van der Waals surface area contributed by atoms with E-state index < -0.39 is 29.4 Å². The first-order valence-corrected chi connectivity index (χ1v) is 9.99. The Kier molecular flexibility index (Phi) is 5.97. The molecule has 0 spiro atoms. The number of nitrogens with one attached hydrogen (secondary N) is 2. The van der Waals surface area contributed by atoms with Crippen LogP contribution in [0.4, 0.5) is 19.3 Å². The number of halogens is 3. The average Bonchev–Trinajstić information content (AvgIpc) is 3.18. The first kappa shape index (κ1) is 21.0. The number of rotatable bonds is 5. The van der Waals surface area contributed by atoms with Gasteiger partial charge in [0.15, 0.2) is 5.82 Å². The standard InChI is InChI=1S/C22H16BrF2N3O3/c23-13-8-14-15(10-27-21(14)26-9-13)20(29)18-16(24)6-7-17(19(18)25)28-22(30)31-11-12-4-2-1-3-5-12/h1-10,20,29H,11H2,(H,26,27)(H,28,30). The molecule has 2 aromatic carbocycles. The fraction of sp³-hybridized carbons (Fsp3) is 0.0909. The summed E-state index contributed by atoms with van der Waals surface area (Å²) in [5, 5.41) is 13.5. The minimum Gasteiger partial charge on any atom is -0.444 e. The number of amides is 1.